The Morgan fingerprint density at radius 2 is 1.75 bits per heavy atom. The van der Waals surface area contributed by atoms with Crippen molar-refractivity contribution < 1.29 is 4.79 Å². The molecule has 0 atom stereocenters. The Bertz CT molecular complexity index is 952. The van der Waals surface area contributed by atoms with Crippen LogP contribution in [0.1, 0.15) is 36.7 Å². The van der Waals surface area contributed by atoms with Gasteiger partial charge in [-0.05, 0) is 51.1 Å². The van der Waals surface area contributed by atoms with E-state index in [1.54, 1.807) is 7.05 Å². The van der Waals surface area contributed by atoms with Crippen LogP contribution < -0.4 is 10.2 Å². The molecule has 3 rings (SSSR count). The zero-order chi connectivity index (χ0) is 20.3. The van der Waals surface area contributed by atoms with Crippen molar-refractivity contribution in [3.8, 4) is 0 Å². The summed E-state index contributed by atoms with van der Waals surface area (Å²) in [6, 6.07) is 16.3. The maximum absolute atomic E-state index is 12.8. The summed E-state index contributed by atoms with van der Waals surface area (Å²) in [6.45, 7) is 11.5. The van der Waals surface area contributed by atoms with E-state index in [1.807, 2.05) is 42.5 Å². The first kappa shape index (κ1) is 19.6. The van der Waals surface area contributed by atoms with E-state index in [9.17, 15) is 4.79 Å². The number of carbonyl (C=O) groups is 1. The van der Waals surface area contributed by atoms with Gasteiger partial charge < -0.3 is 10.2 Å². The molecule has 0 saturated heterocycles. The number of hydrogen-bond acceptors (Lipinski definition) is 4. The van der Waals surface area contributed by atoms with Gasteiger partial charge in [-0.25, -0.2) is 4.99 Å². The molecular formula is C24H27N3O. The first-order valence-corrected chi connectivity index (χ1v) is 9.64. The summed E-state index contributed by atoms with van der Waals surface area (Å²) in [4.78, 5) is 20.0. The minimum absolute atomic E-state index is 0.0280. The fourth-order valence-electron chi connectivity index (χ4n) is 3.48. The monoisotopic (exact) mass is 373 g/mol. The maximum atomic E-state index is 12.8. The highest BCUT2D eigenvalue weighted by molar-refractivity contribution is 6.27. The molecule has 4 nitrogen and oxygen atoms in total. The number of rotatable bonds is 6. The molecule has 0 aromatic heterocycles. The summed E-state index contributed by atoms with van der Waals surface area (Å²) in [6.07, 6.45) is 1.82. The zero-order valence-corrected chi connectivity index (χ0v) is 17.0. The van der Waals surface area contributed by atoms with Crippen LogP contribution in [0.5, 0.6) is 0 Å². The smallest absolute Gasteiger partial charge is 0.195 e. The molecule has 144 valence electrons. The highest BCUT2D eigenvalue weighted by Gasteiger charge is 2.25. The molecule has 0 bridgehead atoms. The van der Waals surface area contributed by atoms with E-state index < -0.39 is 0 Å². The van der Waals surface area contributed by atoms with Crippen molar-refractivity contribution >= 4 is 22.9 Å². The minimum atomic E-state index is -0.0280. The van der Waals surface area contributed by atoms with Crippen molar-refractivity contribution in [3.05, 3.63) is 83.6 Å². The van der Waals surface area contributed by atoms with Crippen molar-refractivity contribution in [1.82, 2.24) is 5.32 Å². The van der Waals surface area contributed by atoms with Crippen LogP contribution in [0, 0.1) is 0 Å². The number of hydrogen-bond donors (Lipinski definition) is 1. The quantitative estimate of drug-likeness (QED) is 0.783. The average molecular weight is 374 g/mol. The number of nitrogens with one attached hydrogen (secondary N) is 1. The lowest BCUT2D eigenvalue weighted by Crippen LogP contribution is -2.30. The van der Waals surface area contributed by atoms with Crippen molar-refractivity contribution in [2.75, 3.05) is 18.5 Å². The summed E-state index contributed by atoms with van der Waals surface area (Å²) >= 11 is 0. The van der Waals surface area contributed by atoms with Crippen LogP contribution in [-0.4, -0.2) is 31.1 Å². The molecule has 0 unspecified atom stereocenters. The van der Waals surface area contributed by atoms with Crippen LogP contribution in [-0.2, 0) is 0 Å². The van der Waals surface area contributed by atoms with Gasteiger partial charge in [-0.15, -0.1) is 0 Å². The average Bonchev–Trinajstić information content (AvgIpc) is 2.71. The molecule has 1 aliphatic carbocycles. The Morgan fingerprint density at radius 1 is 1.11 bits per heavy atom. The summed E-state index contributed by atoms with van der Waals surface area (Å²) < 4.78 is 0. The highest BCUT2D eigenvalue weighted by atomic mass is 16.1. The van der Waals surface area contributed by atoms with E-state index in [2.05, 4.69) is 49.7 Å². The summed E-state index contributed by atoms with van der Waals surface area (Å²) in [5.74, 6) is -0.0280. The Kier molecular flexibility index (Phi) is 5.78. The molecule has 0 radical (unpaired) electrons. The Labute approximate surface area is 167 Å². The zero-order valence-electron chi connectivity index (χ0n) is 17.0. The number of likely N-dealkylation sites (N-methyl/N-ethyl adjacent to an activating group) is 1. The number of Topliss-reactive ketones (excluding diaryl/α,β-unsaturated/α-hetero) is 1. The van der Waals surface area contributed by atoms with Crippen LogP contribution in [0.4, 0.5) is 11.4 Å². The van der Waals surface area contributed by atoms with Gasteiger partial charge in [0.05, 0.1) is 11.4 Å². The van der Waals surface area contributed by atoms with E-state index in [0.29, 0.717) is 22.9 Å². The van der Waals surface area contributed by atoms with Crippen LogP contribution >= 0.6 is 0 Å². The van der Waals surface area contributed by atoms with E-state index >= 15 is 0 Å². The van der Waals surface area contributed by atoms with Gasteiger partial charge in [0, 0.05) is 47.7 Å². The normalized spacial score (nSPS) is 14.7. The summed E-state index contributed by atoms with van der Waals surface area (Å²) in [5.41, 5.74) is 5.45. The Morgan fingerprint density at radius 3 is 2.32 bits per heavy atom. The van der Waals surface area contributed by atoms with E-state index in [1.165, 1.54) is 5.69 Å². The van der Waals surface area contributed by atoms with Crippen molar-refractivity contribution in [2.24, 2.45) is 4.99 Å². The lowest BCUT2D eigenvalue weighted by molar-refractivity contribution is 0.103. The predicted octanol–water partition coefficient (Wildman–Crippen LogP) is 4.90. The summed E-state index contributed by atoms with van der Waals surface area (Å²) in [5, 5.41) is 2.97. The third-order valence-electron chi connectivity index (χ3n) is 5.00. The number of benzene rings is 2. The molecule has 1 aliphatic rings. The SMILES string of the molecule is C=C(NC)C1=CC(=Nc2ccc(N(CC)C(C)C)cc2)c2ccccc2C1=O. The standard InChI is InChI=1S/C24H27N3O/c1-6-27(16(2)3)19-13-11-18(12-14-19)26-23-15-22(17(4)25-5)24(28)21-10-8-7-9-20(21)23/h7-16,25H,4,6H2,1-3,5H3. The second-order valence-electron chi connectivity index (χ2n) is 7.05. The number of fused-ring (bicyclic) bond motifs is 1. The molecule has 0 aliphatic heterocycles. The molecule has 0 fully saturated rings. The summed E-state index contributed by atoms with van der Waals surface area (Å²) in [7, 11) is 1.76. The van der Waals surface area contributed by atoms with Crippen LogP contribution in [0.2, 0.25) is 0 Å². The fraction of sp³-hybridized carbons (Fsp3) is 0.250. The van der Waals surface area contributed by atoms with Crippen LogP contribution in [0.3, 0.4) is 0 Å². The molecule has 0 heterocycles. The van der Waals surface area contributed by atoms with Gasteiger partial charge in [0.1, 0.15) is 0 Å². The van der Waals surface area contributed by atoms with Crippen LogP contribution in [0.15, 0.2) is 77.4 Å². The Hall–Kier alpha value is -3.14. The molecule has 28 heavy (non-hydrogen) atoms. The van der Waals surface area contributed by atoms with E-state index in [0.717, 1.165) is 23.5 Å². The predicted molar refractivity (Wildman–Crippen MR) is 118 cm³/mol. The minimum Gasteiger partial charge on any atom is -0.388 e. The molecule has 0 amide bonds. The van der Waals surface area contributed by atoms with Gasteiger partial charge in [-0.1, -0.05) is 30.8 Å². The second-order valence-corrected chi connectivity index (χ2v) is 7.05. The lowest BCUT2D eigenvalue weighted by Gasteiger charge is -2.27. The first-order chi connectivity index (χ1) is 13.5. The number of anilines is 1. The largest absolute Gasteiger partial charge is 0.388 e. The molecule has 4 heteroatoms. The highest BCUT2D eigenvalue weighted by Crippen LogP contribution is 2.27. The maximum Gasteiger partial charge on any atom is 0.195 e. The third-order valence-corrected chi connectivity index (χ3v) is 5.00. The molecule has 0 spiro atoms. The van der Waals surface area contributed by atoms with Gasteiger partial charge in [0.15, 0.2) is 5.78 Å². The molecule has 0 saturated carbocycles. The molecule has 1 N–H and O–H groups in total. The molecule has 2 aromatic carbocycles. The Balaban J connectivity index is 2.03. The number of allylic oxidation sites excluding steroid dienone is 2. The topological polar surface area (TPSA) is 44.7 Å². The van der Waals surface area contributed by atoms with Crippen molar-refractivity contribution in [2.45, 2.75) is 26.8 Å². The van der Waals surface area contributed by atoms with Gasteiger partial charge >= 0.3 is 0 Å². The first-order valence-electron chi connectivity index (χ1n) is 9.64. The second kappa shape index (κ2) is 8.26. The lowest BCUT2D eigenvalue weighted by atomic mass is 9.88. The van der Waals surface area contributed by atoms with Gasteiger partial charge in [-0.3, -0.25) is 4.79 Å². The van der Waals surface area contributed by atoms with E-state index in [4.69, 9.17) is 4.99 Å². The third kappa shape index (κ3) is 3.77. The van der Waals surface area contributed by atoms with Gasteiger partial charge in [-0.2, -0.15) is 0 Å². The van der Waals surface area contributed by atoms with Crippen molar-refractivity contribution in [3.63, 3.8) is 0 Å². The van der Waals surface area contributed by atoms with Crippen molar-refractivity contribution in [1.29, 1.82) is 0 Å². The van der Waals surface area contributed by atoms with Gasteiger partial charge in [0.25, 0.3) is 0 Å². The molecule has 2 aromatic rings. The number of nitrogens with zero attached hydrogens (tertiary/aromatic N) is 2. The van der Waals surface area contributed by atoms with E-state index in [-0.39, 0.29) is 5.78 Å². The number of carbonyl (C=O) groups excluding carboxylic acids is 1. The number of aliphatic imine (C=N–C) groups is 1. The van der Waals surface area contributed by atoms with Gasteiger partial charge in [0.2, 0.25) is 0 Å². The fourth-order valence-corrected chi connectivity index (χ4v) is 3.48. The van der Waals surface area contributed by atoms with Crippen LogP contribution in [0.25, 0.3) is 0 Å². The molecular weight excluding hydrogens is 346 g/mol. The number of ketones is 1.